The molecule has 0 saturated carbocycles. The highest BCUT2D eigenvalue weighted by molar-refractivity contribution is 6.30. The van der Waals surface area contributed by atoms with Gasteiger partial charge in [-0.25, -0.2) is 9.18 Å². The first-order valence-corrected chi connectivity index (χ1v) is 9.85. The predicted octanol–water partition coefficient (Wildman–Crippen LogP) is 2.76. The fourth-order valence-corrected chi connectivity index (χ4v) is 3.11. The van der Waals surface area contributed by atoms with Crippen molar-refractivity contribution >= 4 is 17.5 Å². The number of hydrogen-bond donors (Lipinski definition) is 1. The molecule has 0 bridgehead atoms. The normalized spacial score (nSPS) is 10.8. The summed E-state index contributed by atoms with van der Waals surface area (Å²) in [5.41, 5.74) is -1.30. The Hall–Kier alpha value is -3.98. The van der Waals surface area contributed by atoms with Gasteiger partial charge in [-0.1, -0.05) is 23.7 Å². The van der Waals surface area contributed by atoms with E-state index in [1.165, 1.54) is 42.7 Å². The summed E-state index contributed by atoms with van der Waals surface area (Å²) in [5, 5.41) is 7.01. The molecule has 8 nitrogen and oxygen atoms in total. The molecular weight excluding hydrogens is 439 g/mol. The molecular formula is C22H16ClFN4O4. The van der Waals surface area contributed by atoms with E-state index in [2.05, 4.69) is 10.4 Å². The van der Waals surface area contributed by atoms with Crippen LogP contribution in [0.25, 0.3) is 5.69 Å². The second-order valence-corrected chi connectivity index (χ2v) is 7.24. The first-order valence-electron chi connectivity index (χ1n) is 9.47. The molecule has 1 N–H and O–H groups in total. The molecule has 0 aliphatic heterocycles. The number of carbonyl (C=O) groups excluding carboxylic acids is 1. The zero-order valence-electron chi connectivity index (χ0n) is 16.5. The summed E-state index contributed by atoms with van der Waals surface area (Å²) in [5.74, 6) is -0.745. The van der Waals surface area contributed by atoms with Gasteiger partial charge < -0.3 is 9.73 Å². The molecule has 4 rings (SSSR count). The van der Waals surface area contributed by atoms with Crippen molar-refractivity contribution in [2.24, 2.45) is 0 Å². The Morgan fingerprint density at radius 2 is 1.78 bits per heavy atom. The molecule has 0 fully saturated rings. The molecule has 1 amide bonds. The maximum atomic E-state index is 13.3. The monoisotopic (exact) mass is 454 g/mol. The summed E-state index contributed by atoms with van der Waals surface area (Å²) < 4.78 is 20.2. The van der Waals surface area contributed by atoms with Gasteiger partial charge in [-0.05, 0) is 54.1 Å². The average Bonchev–Trinajstić information content (AvgIpc) is 3.31. The van der Waals surface area contributed by atoms with Gasteiger partial charge >= 0.3 is 5.69 Å². The Morgan fingerprint density at radius 1 is 1.06 bits per heavy atom. The van der Waals surface area contributed by atoms with E-state index < -0.39 is 28.7 Å². The fourth-order valence-electron chi connectivity index (χ4n) is 2.98. The average molecular weight is 455 g/mol. The number of benzene rings is 2. The van der Waals surface area contributed by atoms with Crippen LogP contribution in [0.1, 0.15) is 21.8 Å². The van der Waals surface area contributed by atoms with E-state index in [0.717, 1.165) is 9.25 Å². The van der Waals surface area contributed by atoms with Crippen LogP contribution in [0.15, 0.2) is 80.9 Å². The highest BCUT2D eigenvalue weighted by atomic mass is 35.5. The number of nitrogens with zero attached hydrogens (tertiary/aromatic N) is 3. The lowest BCUT2D eigenvalue weighted by Crippen LogP contribution is -2.46. The molecule has 0 aliphatic carbocycles. The molecule has 2 aromatic carbocycles. The SMILES string of the molecule is O=C(NCc1ccco1)c1nn(-c2ccc(Cl)cc2)c(=O)n(Cc2ccc(F)cc2)c1=O. The van der Waals surface area contributed by atoms with Gasteiger partial charge in [0.25, 0.3) is 11.5 Å². The summed E-state index contributed by atoms with van der Waals surface area (Å²) >= 11 is 5.92. The third-order valence-corrected chi connectivity index (χ3v) is 4.86. The van der Waals surface area contributed by atoms with Crippen LogP contribution in [0.5, 0.6) is 0 Å². The van der Waals surface area contributed by atoms with Crippen molar-refractivity contribution in [3.05, 3.63) is 116 Å². The second kappa shape index (κ2) is 9.03. The van der Waals surface area contributed by atoms with E-state index in [9.17, 15) is 18.8 Å². The lowest BCUT2D eigenvalue weighted by molar-refractivity contribution is 0.0938. The number of rotatable bonds is 6. The largest absolute Gasteiger partial charge is 0.467 e. The van der Waals surface area contributed by atoms with Crippen molar-refractivity contribution in [1.82, 2.24) is 19.7 Å². The number of hydrogen-bond acceptors (Lipinski definition) is 5. The van der Waals surface area contributed by atoms with Gasteiger partial charge in [0.2, 0.25) is 5.69 Å². The molecule has 0 unspecified atom stereocenters. The van der Waals surface area contributed by atoms with E-state index in [1.807, 2.05) is 0 Å². The van der Waals surface area contributed by atoms with Gasteiger partial charge in [-0.15, -0.1) is 0 Å². The molecule has 10 heteroatoms. The minimum absolute atomic E-state index is 0.0327. The van der Waals surface area contributed by atoms with Gasteiger partial charge in [0.05, 0.1) is 25.0 Å². The molecule has 0 atom stereocenters. The lowest BCUT2D eigenvalue weighted by Gasteiger charge is -2.12. The van der Waals surface area contributed by atoms with Crippen molar-refractivity contribution in [3.63, 3.8) is 0 Å². The van der Waals surface area contributed by atoms with Gasteiger partial charge in [-0.3, -0.25) is 14.2 Å². The standard InChI is InChI=1S/C22H16ClFN4O4/c23-15-5-9-17(10-6-15)28-22(31)27(13-14-3-7-16(24)8-4-14)21(30)19(26-28)20(29)25-12-18-2-1-11-32-18/h1-11H,12-13H2,(H,25,29). The Balaban J connectivity index is 1.79. The number of furan rings is 1. The maximum absolute atomic E-state index is 13.3. The Labute approximate surface area is 185 Å². The van der Waals surface area contributed by atoms with Crippen LogP contribution in [0.2, 0.25) is 5.02 Å². The van der Waals surface area contributed by atoms with Crippen molar-refractivity contribution in [2.45, 2.75) is 13.1 Å². The van der Waals surface area contributed by atoms with Crippen molar-refractivity contribution in [1.29, 1.82) is 0 Å². The van der Waals surface area contributed by atoms with Gasteiger partial charge in [0, 0.05) is 5.02 Å². The zero-order valence-corrected chi connectivity index (χ0v) is 17.3. The Bertz CT molecular complexity index is 1360. The molecule has 162 valence electrons. The highest BCUT2D eigenvalue weighted by Crippen LogP contribution is 2.11. The van der Waals surface area contributed by atoms with E-state index in [0.29, 0.717) is 22.0 Å². The number of carbonyl (C=O) groups is 1. The zero-order chi connectivity index (χ0) is 22.7. The Morgan fingerprint density at radius 3 is 2.44 bits per heavy atom. The van der Waals surface area contributed by atoms with E-state index in [4.69, 9.17) is 16.0 Å². The van der Waals surface area contributed by atoms with E-state index in [-0.39, 0.29) is 13.1 Å². The van der Waals surface area contributed by atoms with Crippen LogP contribution in [-0.2, 0) is 13.1 Å². The van der Waals surface area contributed by atoms with Crippen molar-refractivity contribution < 1.29 is 13.6 Å². The second-order valence-electron chi connectivity index (χ2n) is 6.80. The number of halogens is 2. The molecule has 0 saturated heterocycles. The molecule has 32 heavy (non-hydrogen) atoms. The van der Waals surface area contributed by atoms with Crippen LogP contribution in [0.3, 0.4) is 0 Å². The third-order valence-electron chi connectivity index (χ3n) is 4.60. The van der Waals surface area contributed by atoms with Crippen molar-refractivity contribution in [2.75, 3.05) is 0 Å². The van der Waals surface area contributed by atoms with Gasteiger partial charge in [0.1, 0.15) is 11.6 Å². The summed E-state index contributed by atoms with van der Waals surface area (Å²) in [6, 6.07) is 14.8. The fraction of sp³-hybridized carbons (Fsp3) is 0.0909. The molecule has 0 radical (unpaired) electrons. The van der Waals surface area contributed by atoms with Crippen LogP contribution < -0.4 is 16.6 Å². The summed E-state index contributed by atoms with van der Waals surface area (Å²) in [6.45, 7) is -0.141. The third kappa shape index (κ3) is 4.52. The van der Waals surface area contributed by atoms with E-state index in [1.54, 1.807) is 24.3 Å². The highest BCUT2D eigenvalue weighted by Gasteiger charge is 2.20. The molecule has 4 aromatic rings. The molecule has 0 aliphatic rings. The first kappa shape index (κ1) is 21.3. The smallest absolute Gasteiger partial charge is 0.352 e. The van der Waals surface area contributed by atoms with Crippen molar-refractivity contribution in [3.8, 4) is 5.69 Å². The van der Waals surface area contributed by atoms with Crippen LogP contribution in [0, 0.1) is 5.82 Å². The Kier molecular flexibility index (Phi) is 6.00. The molecule has 2 heterocycles. The number of aromatic nitrogens is 3. The van der Waals surface area contributed by atoms with Crippen LogP contribution >= 0.6 is 11.6 Å². The molecule has 0 spiro atoms. The van der Waals surface area contributed by atoms with Gasteiger partial charge in [0.15, 0.2) is 0 Å². The first-order chi connectivity index (χ1) is 15.4. The van der Waals surface area contributed by atoms with Crippen LogP contribution in [0.4, 0.5) is 4.39 Å². The number of amides is 1. The molecule has 2 aromatic heterocycles. The summed E-state index contributed by atoms with van der Waals surface area (Å²) in [7, 11) is 0. The minimum atomic E-state index is -0.874. The van der Waals surface area contributed by atoms with Crippen LogP contribution in [-0.4, -0.2) is 20.3 Å². The topological polar surface area (TPSA) is 99.1 Å². The lowest BCUT2D eigenvalue weighted by atomic mass is 10.2. The number of nitrogens with one attached hydrogen (secondary N) is 1. The minimum Gasteiger partial charge on any atom is -0.467 e. The van der Waals surface area contributed by atoms with E-state index >= 15 is 0 Å². The summed E-state index contributed by atoms with van der Waals surface area (Å²) in [4.78, 5) is 38.8. The predicted molar refractivity (Wildman–Crippen MR) is 114 cm³/mol. The quantitative estimate of drug-likeness (QED) is 0.483. The van der Waals surface area contributed by atoms with Gasteiger partial charge in [-0.2, -0.15) is 9.78 Å². The summed E-state index contributed by atoms with van der Waals surface area (Å²) in [6.07, 6.45) is 1.45. The maximum Gasteiger partial charge on any atom is 0.352 e.